The zero-order valence-electron chi connectivity index (χ0n) is 9.94. The summed E-state index contributed by atoms with van der Waals surface area (Å²) in [7, 11) is 0. The molecule has 90 valence electrons. The number of aliphatic hydroxyl groups is 1. The van der Waals surface area contributed by atoms with Crippen molar-refractivity contribution in [1.29, 1.82) is 5.26 Å². The lowest BCUT2D eigenvalue weighted by Crippen LogP contribution is -2.44. The van der Waals surface area contributed by atoms with Gasteiger partial charge in [-0.05, 0) is 25.7 Å². The van der Waals surface area contributed by atoms with E-state index in [1.807, 2.05) is 0 Å². The molecule has 0 aromatic carbocycles. The minimum atomic E-state index is -0.165. The Morgan fingerprint density at radius 2 is 1.88 bits per heavy atom. The van der Waals surface area contributed by atoms with Gasteiger partial charge in [0.05, 0.1) is 12.2 Å². The second-order valence-electron chi connectivity index (χ2n) is 5.15. The second-order valence-corrected chi connectivity index (χ2v) is 5.15. The van der Waals surface area contributed by atoms with E-state index in [1.165, 1.54) is 25.7 Å². The third-order valence-corrected chi connectivity index (χ3v) is 3.87. The molecule has 0 aromatic heterocycles. The van der Waals surface area contributed by atoms with Crippen molar-refractivity contribution in [3.63, 3.8) is 0 Å². The van der Waals surface area contributed by atoms with Gasteiger partial charge in [-0.1, -0.05) is 19.3 Å². The molecule has 2 aliphatic carbocycles. The van der Waals surface area contributed by atoms with E-state index >= 15 is 0 Å². The van der Waals surface area contributed by atoms with Crippen molar-refractivity contribution >= 4 is 0 Å². The van der Waals surface area contributed by atoms with Gasteiger partial charge in [0.2, 0.25) is 0 Å². The molecule has 2 atom stereocenters. The van der Waals surface area contributed by atoms with Crippen molar-refractivity contribution in [3.05, 3.63) is 0 Å². The Bertz CT molecular complexity index is 257. The normalized spacial score (nSPS) is 31.1. The van der Waals surface area contributed by atoms with Crippen molar-refractivity contribution in [2.24, 2.45) is 0 Å². The van der Waals surface area contributed by atoms with Crippen molar-refractivity contribution in [1.82, 2.24) is 4.90 Å². The van der Waals surface area contributed by atoms with E-state index in [9.17, 15) is 5.11 Å². The number of nitrogens with zero attached hydrogens (tertiary/aromatic N) is 2. The Balaban J connectivity index is 1.96. The molecule has 2 fully saturated rings. The highest BCUT2D eigenvalue weighted by Gasteiger charge is 2.36. The summed E-state index contributed by atoms with van der Waals surface area (Å²) in [6, 6.07) is 3.21. The fourth-order valence-electron chi connectivity index (χ4n) is 2.86. The molecule has 2 saturated carbocycles. The van der Waals surface area contributed by atoms with Crippen molar-refractivity contribution in [3.8, 4) is 6.07 Å². The predicted molar refractivity (Wildman–Crippen MR) is 62.8 cm³/mol. The van der Waals surface area contributed by atoms with E-state index in [0.717, 1.165) is 25.8 Å². The molecule has 0 saturated heterocycles. The third kappa shape index (κ3) is 2.96. The summed E-state index contributed by atoms with van der Waals surface area (Å²) in [5, 5.41) is 18.9. The minimum absolute atomic E-state index is 0.165. The number of hydrogen-bond donors (Lipinski definition) is 1. The van der Waals surface area contributed by atoms with Crippen LogP contribution in [0.15, 0.2) is 0 Å². The van der Waals surface area contributed by atoms with E-state index in [4.69, 9.17) is 5.26 Å². The van der Waals surface area contributed by atoms with Gasteiger partial charge in [0, 0.05) is 25.0 Å². The van der Waals surface area contributed by atoms with Gasteiger partial charge in [0.1, 0.15) is 0 Å². The Kier molecular flexibility index (Phi) is 4.20. The number of aliphatic hydroxyl groups excluding tert-OH is 1. The van der Waals surface area contributed by atoms with E-state index in [-0.39, 0.29) is 6.10 Å². The highest BCUT2D eigenvalue weighted by Crippen LogP contribution is 2.33. The molecule has 1 N–H and O–H groups in total. The maximum absolute atomic E-state index is 10.2. The smallest absolute Gasteiger partial charge is 0.0695 e. The average molecular weight is 222 g/mol. The summed E-state index contributed by atoms with van der Waals surface area (Å²) in [6.45, 7) is 0.850. The molecule has 2 unspecified atom stereocenters. The second kappa shape index (κ2) is 5.65. The van der Waals surface area contributed by atoms with Crippen LogP contribution in [0.1, 0.15) is 51.4 Å². The molecule has 3 nitrogen and oxygen atoms in total. The van der Waals surface area contributed by atoms with Crippen LogP contribution in [0.2, 0.25) is 0 Å². The van der Waals surface area contributed by atoms with Gasteiger partial charge >= 0.3 is 0 Å². The first-order valence-electron chi connectivity index (χ1n) is 6.63. The first-order chi connectivity index (χ1) is 7.83. The Hall–Kier alpha value is -0.590. The highest BCUT2D eigenvalue weighted by molar-refractivity contribution is 4.93. The fraction of sp³-hybridized carbons (Fsp3) is 0.923. The molecule has 0 aliphatic heterocycles. The molecule has 0 bridgehead atoms. The molecule has 2 aliphatic rings. The zero-order chi connectivity index (χ0) is 11.4. The minimum Gasteiger partial charge on any atom is -0.391 e. The first kappa shape index (κ1) is 11.9. The number of hydrogen-bond acceptors (Lipinski definition) is 3. The molecule has 16 heavy (non-hydrogen) atoms. The summed E-state index contributed by atoms with van der Waals surface area (Å²) in [5.41, 5.74) is 0. The van der Waals surface area contributed by atoms with E-state index in [0.29, 0.717) is 18.5 Å². The molecular weight excluding hydrogens is 200 g/mol. The van der Waals surface area contributed by atoms with Crippen LogP contribution in [0.5, 0.6) is 0 Å². The first-order valence-corrected chi connectivity index (χ1v) is 6.63. The predicted octanol–water partition coefficient (Wildman–Crippen LogP) is 2.06. The van der Waals surface area contributed by atoms with Crippen LogP contribution in [0, 0.1) is 11.3 Å². The van der Waals surface area contributed by atoms with Crippen molar-refractivity contribution in [2.75, 3.05) is 6.54 Å². The molecule has 0 amide bonds. The molecule has 2 rings (SSSR count). The van der Waals surface area contributed by atoms with Gasteiger partial charge in [0.25, 0.3) is 0 Å². The SMILES string of the molecule is N#CCCN(C1CC1)C1CCCCCC1O. The lowest BCUT2D eigenvalue weighted by atomic mass is 10.0. The van der Waals surface area contributed by atoms with Crippen molar-refractivity contribution in [2.45, 2.75) is 69.6 Å². The van der Waals surface area contributed by atoms with Crippen LogP contribution in [0.4, 0.5) is 0 Å². The van der Waals surface area contributed by atoms with Crippen LogP contribution in [-0.2, 0) is 0 Å². The van der Waals surface area contributed by atoms with Gasteiger partial charge in [-0.3, -0.25) is 4.90 Å². The molecule has 0 aromatic rings. The molecular formula is C13H22N2O. The van der Waals surface area contributed by atoms with Gasteiger partial charge < -0.3 is 5.11 Å². The molecule has 0 spiro atoms. The van der Waals surface area contributed by atoms with E-state index in [1.54, 1.807) is 0 Å². The zero-order valence-corrected chi connectivity index (χ0v) is 9.94. The maximum Gasteiger partial charge on any atom is 0.0695 e. The fourth-order valence-corrected chi connectivity index (χ4v) is 2.86. The van der Waals surface area contributed by atoms with Crippen LogP contribution in [-0.4, -0.2) is 34.7 Å². The Labute approximate surface area is 98.1 Å². The molecule has 0 radical (unpaired) electrons. The lowest BCUT2D eigenvalue weighted by Gasteiger charge is -2.33. The Morgan fingerprint density at radius 3 is 2.56 bits per heavy atom. The van der Waals surface area contributed by atoms with Crippen LogP contribution < -0.4 is 0 Å². The molecule has 3 heteroatoms. The summed E-state index contributed by atoms with van der Waals surface area (Å²) < 4.78 is 0. The van der Waals surface area contributed by atoms with Gasteiger partial charge in [-0.2, -0.15) is 5.26 Å². The van der Waals surface area contributed by atoms with Crippen LogP contribution >= 0.6 is 0 Å². The number of nitriles is 1. The van der Waals surface area contributed by atoms with E-state index in [2.05, 4.69) is 11.0 Å². The summed E-state index contributed by atoms with van der Waals surface area (Å²) in [5.74, 6) is 0. The molecule has 0 heterocycles. The third-order valence-electron chi connectivity index (χ3n) is 3.87. The standard InChI is InChI=1S/C13H22N2O/c14-9-4-10-15(11-7-8-11)12-5-2-1-3-6-13(12)16/h11-13,16H,1-8,10H2. The maximum atomic E-state index is 10.2. The van der Waals surface area contributed by atoms with Crippen LogP contribution in [0.3, 0.4) is 0 Å². The highest BCUT2D eigenvalue weighted by atomic mass is 16.3. The van der Waals surface area contributed by atoms with Crippen LogP contribution in [0.25, 0.3) is 0 Å². The van der Waals surface area contributed by atoms with Gasteiger partial charge in [-0.25, -0.2) is 0 Å². The van der Waals surface area contributed by atoms with Crippen molar-refractivity contribution < 1.29 is 5.11 Å². The summed E-state index contributed by atoms with van der Waals surface area (Å²) >= 11 is 0. The number of rotatable bonds is 4. The Morgan fingerprint density at radius 1 is 1.12 bits per heavy atom. The van der Waals surface area contributed by atoms with E-state index < -0.39 is 0 Å². The van der Waals surface area contributed by atoms with Gasteiger partial charge in [-0.15, -0.1) is 0 Å². The topological polar surface area (TPSA) is 47.3 Å². The summed E-state index contributed by atoms with van der Waals surface area (Å²) in [6.07, 6.45) is 8.66. The lowest BCUT2D eigenvalue weighted by molar-refractivity contribution is 0.0403. The average Bonchev–Trinajstić information content (AvgIpc) is 3.09. The monoisotopic (exact) mass is 222 g/mol. The van der Waals surface area contributed by atoms with Gasteiger partial charge in [0.15, 0.2) is 0 Å². The summed E-state index contributed by atoms with van der Waals surface area (Å²) in [4.78, 5) is 2.42. The quantitative estimate of drug-likeness (QED) is 0.741. The largest absolute Gasteiger partial charge is 0.391 e.